The van der Waals surface area contributed by atoms with Crippen molar-refractivity contribution in [1.29, 1.82) is 0 Å². The Morgan fingerprint density at radius 1 is 1.29 bits per heavy atom. The molecule has 0 spiro atoms. The summed E-state index contributed by atoms with van der Waals surface area (Å²) in [6.45, 7) is -0.355. The van der Waals surface area contributed by atoms with E-state index in [4.69, 9.17) is 9.84 Å². The van der Waals surface area contributed by atoms with Gasteiger partial charge in [-0.15, -0.1) is 0 Å². The minimum Gasteiger partial charge on any atom is -0.394 e. The van der Waals surface area contributed by atoms with Gasteiger partial charge in [-0.2, -0.15) is 0 Å². The Labute approximate surface area is 121 Å². The number of aliphatic hydroxyl groups excluding tert-OH is 3. The minimum atomic E-state index is -1.13. The molecule has 0 unspecified atom stereocenters. The Morgan fingerprint density at radius 3 is 2.67 bits per heavy atom. The second-order valence-corrected chi connectivity index (χ2v) is 5.28. The highest BCUT2D eigenvalue weighted by molar-refractivity contribution is 5.87. The van der Waals surface area contributed by atoms with E-state index >= 15 is 0 Å². The maximum atomic E-state index is 10.1. The third kappa shape index (κ3) is 2.16. The predicted molar refractivity (Wildman–Crippen MR) is 74.9 cm³/mol. The molecule has 0 saturated carbocycles. The predicted octanol–water partition coefficient (Wildman–Crippen LogP) is -0.891. The molecule has 1 aliphatic heterocycles. The highest BCUT2D eigenvalue weighted by Gasteiger charge is 2.43. The first kappa shape index (κ1) is 14.2. The van der Waals surface area contributed by atoms with Crippen LogP contribution in [0.2, 0.25) is 0 Å². The van der Waals surface area contributed by atoms with Crippen LogP contribution in [0.15, 0.2) is 18.6 Å². The highest BCUT2D eigenvalue weighted by atomic mass is 16.6. The van der Waals surface area contributed by atoms with Crippen LogP contribution in [0, 0.1) is 0 Å². The maximum absolute atomic E-state index is 10.1. The SMILES string of the molecule is CN(C)c1ncnc2c1ccn2[C@@H]1O[C@@H](CO)[C@@H](O)[C@@H]1O. The van der Waals surface area contributed by atoms with Crippen LogP contribution in [0.1, 0.15) is 6.23 Å². The molecule has 114 valence electrons. The van der Waals surface area contributed by atoms with Crippen molar-refractivity contribution in [2.75, 3.05) is 25.6 Å². The van der Waals surface area contributed by atoms with E-state index in [1.54, 1.807) is 10.8 Å². The van der Waals surface area contributed by atoms with Gasteiger partial charge in [-0.1, -0.05) is 0 Å². The van der Waals surface area contributed by atoms with E-state index in [9.17, 15) is 10.2 Å². The Hall–Kier alpha value is -1.74. The summed E-state index contributed by atoms with van der Waals surface area (Å²) >= 11 is 0. The molecule has 0 aliphatic carbocycles. The lowest BCUT2D eigenvalue weighted by Crippen LogP contribution is -2.33. The van der Waals surface area contributed by atoms with Crippen LogP contribution in [0.4, 0.5) is 5.82 Å². The summed E-state index contributed by atoms with van der Waals surface area (Å²) in [6, 6.07) is 1.83. The molecule has 0 amide bonds. The number of aromatic nitrogens is 3. The number of hydrogen-bond donors (Lipinski definition) is 3. The number of aliphatic hydroxyl groups is 3. The third-order valence-electron chi connectivity index (χ3n) is 3.70. The molecule has 0 aromatic carbocycles. The lowest BCUT2D eigenvalue weighted by molar-refractivity contribution is -0.0508. The summed E-state index contributed by atoms with van der Waals surface area (Å²) < 4.78 is 7.17. The van der Waals surface area contributed by atoms with Gasteiger partial charge in [0, 0.05) is 20.3 Å². The first-order valence-electron chi connectivity index (χ1n) is 6.66. The fraction of sp³-hybridized carbons (Fsp3) is 0.538. The lowest BCUT2D eigenvalue weighted by atomic mass is 10.1. The van der Waals surface area contributed by atoms with Gasteiger partial charge in [0.25, 0.3) is 0 Å². The molecule has 3 N–H and O–H groups in total. The van der Waals surface area contributed by atoms with Gasteiger partial charge in [0.2, 0.25) is 0 Å². The summed E-state index contributed by atoms with van der Waals surface area (Å²) in [6.07, 6.45) is -0.692. The van der Waals surface area contributed by atoms with E-state index < -0.39 is 24.5 Å². The molecule has 21 heavy (non-hydrogen) atoms. The van der Waals surface area contributed by atoms with Crippen molar-refractivity contribution in [3.8, 4) is 0 Å². The van der Waals surface area contributed by atoms with Crippen molar-refractivity contribution in [1.82, 2.24) is 14.5 Å². The second kappa shape index (κ2) is 5.23. The monoisotopic (exact) mass is 294 g/mol. The first-order valence-corrected chi connectivity index (χ1v) is 6.66. The quantitative estimate of drug-likeness (QED) is 0.674. The van der Waals surface area contributed by atoms with Crippen molar-refractivity contribution in [3.05, 3.63) is 18.6 Å². The summed E-state index contributed by atoms with van der Waals surface area (Å²) in [4.78, 5) is 10.3. The molecule has 0 bridgehead atoms. The molecule has 8 heteroatoms. The van der Waals surface area contributed by atoms with Gasteiger partial charge in [-0.05, 0) is 6.07 Å². The average molecular weight is 294 g/mol. The fourth-order valence-corrected chi connectivity index (χ4v) is 2.63. The molecule has 1 fully saturated rings. The normalized spacial score (nSPS) is 29.2. The Morgan fingerprint density at radius 2 is 2.05 bits per heavy atom. The average Bonchev–Trinajstić information content (AvgIpc) is 3.01. The summed E-state index contributed by atoms with van der Waals surface area (Å²) in [5.41, 5.74) is 0.600. The van der Waals surface area contributed by atoms with E-state index in [1.807, 2.05) is 25.1 Å². The number of nitrogens with zero attached hydrogens (tertiary/aromatic N) is 4. The van der Waals surface area contributed by atoms with Gasteiger partial charge in [0.15, 0.2) is 6.23 Å². The summed E-state index contributed by atoms with van der Waals surface area (Å²) in [5, 5.41) is 29.9. The lowest BCUT2D eigenvalue weighted by Gasteiger charge is -2.18. The maximum Gasteiger partial charge on any atom is 0.164 e. The molecule has 3 heterocycles. The molecular weight excluding hydrogens is 276 g/mol. The van der Waals surface area contributed by atoms with Crippen LogP contribution in [0.25, 0.3) is 11.0 Å². The first-order chi connectivity index (χ1) is 10.0. The van der Waals surface area contributed by atoms with E-state index in [2.05, 4.69) is 9.97 Å². The van der Waals surface area contributed by atoms with Crippen LogP contribution in [0.5, 0.6) is 0 Å². The van der Waals surface area contributed by atoms with Gasteiger partial charge < -0.3 is 29.5 Å². The molecule has 4 atom stereocenters. The largest absolute Gasteiger partial charge is 0.394 e. The van der Waals surface area contributed by atoms with Crippen LogP contribution in [-0.2, 0) is 4.74 Å². The van der Waals surface area contributed by atoms with Crippen LogP contribution >= 0.6 is 0 Å². The van der Waals surface area contributed by atoms with Crippen molar-refractivity contribution < 1.29 is 20.1 Å². The number of rotatable bonds is 3. The topological polar surface area (TPSA) is 104 Å². The van der Waals surface area contributed by atoms with Gasteiger partial charge >= 0.3 is 0 Å². The molecular formula is C13H18N4O4. The van der Waals surface area contributed by atoms with Gasteiger partial charge in [-0.25, -0.2) is 9.97 Å². The highest BCUT2D eigenvalue weighted by Crippen LogP contribution is 2.33. The van der Waals surface area contributed by atoms with Gasteiger partial charge in [-0.3, -0.25) is 0 Å². The Balaban J connectivity index is 2.04. The zero-order valence-electron chi connectivity index (χ0n) is 11.8. The molecule has 8 nitrogen and oxygen atoms in total. The molecule has 3 rings (SSSR count). The number of fused-ring (bicyclic) bond motifs is 1. The number of anilines is 1. The van der Waals surface area contributed by atoms with Crippen LogP contribution in [-0.4, -0.2) is 68.9 Å². The number of ether oxygens (including phenoxy) is 1. The van der Waals surface area contributed by atoms with Gasteiger partial charge in [0.05, 0.1) is 12.0 Å². The zero-order valence-corrected chi connectivity index (χ0v) is 11.8. The standard InChI is InChI=1S/C13H18N4O4/c1-16(2)11-7-3-4-17(12(7)15-6-14-11)13-10(20)9(19)8(5-18)21-13/h3-4,6,8-10,13,18-20H,5H2,1-2H3/t8-,9+,10-,13+/m0/s1. The van der Waals surface area contributed by atoms with Crippen molar-refractivity contribution in [3.63, 3.8) is 0 Å². The van der Waals surface area contributed by atoms with Gasteiger partial charge in [0.1, 0.15) is 36.1 Å². The van der Waals surface area contributed by atoms with Crippen molar-refractivity contribution in [2.45, 2.75) is 24.5 Å². The second-order valence-electron chi connectivity index (χ2n) is 5.28. The zero-order chi connectivity index (χ0) is 15.1. The van der Waals surface area contributed by atoms with Crippen molar-refractivity contribution in [2.24, 2.45) is 0 Å². The fourth-order valence-electron chi connectivity index (χ4n) is 2.63. The van der Waals surface area contributed by atoms with E-state index in [0.717, 1.165) is 11.2 Å². The Kier molecular flexibility index (Phi) is 3.54. The van der Waals surface area contributed by atoms with E-state index in [0.29, 0.717) is 5.65 Å². The summed E-state index contributed by atoms with van der Waals surface area (Å²) in [5.74, 6) is 0.755. The third-order valence-corrected chi connectivity index (χ3v) is 3.70. The summed E-state index contributed by atoms with van der Waals surface area (Å²) in [7, 11) is 3.76. The molecule has 1 aliphatic rings. The van der Waals surface area contributed by atoms with Crippen LogP contribution < -0.4 is 4.90 Å². The minimum absolute atomic E-state index is 0.355. The molecule has 2 aromatic heterocycles. The van der Waals surface area contributed by atoms with E-state index in [-0.39, 0.29) is 6.61 Å². The molecule has 2 aromatic rings. The van der Waals surface area contributed by atoms with Crippen molar-refractivity contribution >= 4 is 16.9 Å². The molecule has 1 saturated heterocycles. The smallest absolute Gasteiger partial charge is 0.164 e. The van der Waals surface area contributed by atoms with E-state index in [1.165, 1.54) is 6.33 Å². The van der Waals surface area contributed by atoms with Crippen LogP contribution in [0.3, 0.4) is 0 Å². The number of hydrogen-bond acceptors (Lipinski definition) is 7. The molecule has 0 radical (unpaired) electrons. The Bertz CT molecular complexity index is 644.